The second-order valence-electron chi connectivity index (χ2n) is 5.18. The van der Waals surface area contributed by atoms with Crippen molar-refractivity contribution in [1.82, 2.24) is 4.90 Å². The highest BCUT2D eigenvalue weighted by molar-refractivity contribution is 5.16. The van der Waals surface area contributed by atoms with E-state index < -0.39 is 0 Å². The first kappa shape index (κ1) is 14.1. The van der Waals surface area contributed by atoms with Crippen molar-refractivity contribution in [1.29, 1.82) is 0 Å². The lowest BCUT2D eigenvalue weighted by Gasteiger charge is -2.22. The molecular formula is C14H23FN2. The molecule has 0 aliphatic carbocycles. The molecule has 0 saturated carbocycles. The van der Waals surface area contributed by atoms with Gasteiger partial charge in [0.2, 0.25) is 0 Å². The van der Waals surface area contributed by atoms with Crippen LogP contribution in [0, 0.1) is 11.7 Å². The highest BCUT2D eigenvalue weighted by Crippen LogP contribution is 2.10. The summed E-state index contributed by atoms with van der Waals surface area (Å²) in [5.74, 6) is 0.462. The Bertz CT molecular complexity index is 339. The highest BCUT2D eigenvalue weighted by atomic mass is 19.1. The van der Waals surface area contributed by atoms with Gasteiger partial charge in [-0.2, -0.15) is 0 Å². The molecule has 1 atom stereocenters. The van der Waals surface area contributed by atoms with Crippen LogP contribution in [0.4, 0.5) is 4.39 Å². The van der Waals surface area contributed by atoms with Gasteiger partial charge in [0.1, 0.15) is 5.82 Å². The molecule has 0 radical (unpaired) electrons. The summed E-state index contributed by atoms with van der Waals surface area (Å²) in [6.45, 7) is 5.73. The van der Waals surface area contributed by atoms with Crippen molar-refractivity contribution in [2.45, 2.75) is 32.9 Å². The molecule has 1 rings (SSSR count). The van der Waals surface area contributed by atoms with Crippen LogP contribution in [0.3, 0.4) is 0 Å². The third kappa shape index (κ3) is 5.29. The zero-order valence-electron chi connectivity index (χ0n) is 11.0. The quantitative estimate of drug-likeness (QED) is 0.825. The Morgan fingerprint density at radius 2 is 1.94 bits per heavy atom. The van der Waals surface area contributed by atoms with Gasteiger partial charge in [-0.1, -0.05) is 32.0 Å². The summed E-state index contributed by atoms with van der Waals surface area (Å²) < 4.78 is 13.4. The number of nitrogens with zero attached hydrogens (tertiary/aromatic N) is 1. The molecule has 0 aliphatic heterocycles. The summed E-state index contributed by atoms with van der Waals surface area (Å²) in [6.07, 6.45) is 1.00. The maximum atomic E-state index is 13.4. The Morgan fingerprint density at radius 3 is 2.53 bits per heavy atom. The summed E-state index contributed by atoms with van der Waals surface area (Å²) in [7, 11) is 1.98. The van der Waals surface area contributed by atoms with Crippen molar-refractivity contribution in [3.05, 3.63) is 35.6 Å². The summed E-state index contributed by atoms with van der Waals surface area (Å²) in [6, 6.07) is 7.05. The van der Waals surface area contributed by atoms with Crippen molar-refractivity contribution in [3.8, 4) is 0 Å². The number of halogens is 1. The molecule has 0 aromatic heterocycles. The second-order valence-corrected chi connectivity index (χ2v) is 5.18. The third-order valence-electron chi connectivity index (χ3n) is 2.72. The molecule has 1 aromatic carbocycles. The largest absolute Gasteiger partial charge is 0.327 e. The molecule has 2 nitrogen and oxygen atoms in total. The van der Waals surface area contributed by atoms with Crippen LogP contribution in [0.1, 0.15) is 25.8 Å². The van der Waals surface area contributed by atoms with Crippen LogP contribution in [-0.4, -0.2) is 24.5 Å². The van der Waals surface area contributed by atoms with Gasteiger partial charge >= 0.3 is 0 Å². The van der Waals surface area contributed by atoms with Gasteiger partial charge in [0.15, 0.2) is 0 Å². The van der Waals surface area contributed by atoms with Crippen LogP contribution in [0.15, 0.2) is 24.3 Å². The van der Waals surface area contributed by atoms with Gasteiger partial charge in [0, 0.05) is 24.7 Å². The van der Waals surface area contributed by atoms with E-state index in [0.29, 0.717) is 12.5 Å². The first-order valence-electron chi connectivity index (χ1n) is 6.16. The van der Waals surface area contributed by atoms with Crippen LogP contribution in [0.2, 0.25) is 0 Å². The van der Waals surface area contributed by atoms with Crippen LogP contribution in [0.25, 0.3) is 0 Å². The van der Waals surface area contributed by atoms with Crippen LogP contribution >= 0.6 is 0 Å². The second kappa shape index (κ2) is 6.72. The van der Waals surface area contributed by atoms with Crippen molar-refractivity contribution in [3.63, 3.8) is 0 Å². The van der Waals surface area contributed by atoms with E-state index in [9.17, 15) is 4.39 Å². The van der Waals surface area contributed by atoms with Crippen molar-refractivity contribution >= 4 is 0 Å². The Kier molecular flexibility index (Phi) is 5.59. The van der Waals surface area contributed by atoms with Gasteiger partial charge in [-0.05, 0) is 25.5 Å². The SMILES string of the molecule is CC(C)CC(N)CN(C)Cc1ccccc1F. The minimum absolute atomic E-state index is 0.142. The fourth-order valence-electron chi connectivity index (χ4n) is 2.06. The van der Waals surface area contributed by atoms with Gasteiger partial charge in [-0.15, -0.1) is 0 Å². The molecule has 2 N–H and O–H groups in total. The minimum atomic E-state index is -0.142. The van der Waals surface area contributed by atoms with Gasteiger partial charge in [0.25, 0.3) is 0 Å². The van der Waals surface area contributed by atoms with Crippen LogP contribution in [-0.2, 0) is 6.54 Å². The number of nitrogens with two attached hydrogens (primary N) is 1. The first-order valence-corrected chi connectivity index (χ1v) is 6.16. The zero-order valence-corrected chi connectivity index (χ0v) is 11.0. The van der Waals surface area contributed by atoms with Crippen LogP contribution < -0.4 is 5.73 Å². The number of hydrogen-bond acceptors (Lipinski definition) is 2. The van der Waals surface area contributed by atoms with E-state index in [1.807, 2.05) is 19.2 Å². The van der Waals surface area contributed by atoms with E-state index in [2.05, 4.69) is 18.7 Å². The molecule has 3 heteroatoms. The monoisotopic (exact) mass is 238 g/mol. The lowest BCUT2D eigenvalue weighted by Crippen LogP contribution is -2.36. The van der Waals surface area contributed by atoms with E-state index in [4.69, 9.17) is 5.73 Å². The molecule has 96 valence electrons. The van der Waals surface area contributed by atoms with E-state index in [1.165, 1.54) is 6.07 Å². The minimum Gasteiger partial charge on any atom is -0.327 e. The first-order chi connectivity index (χ1) is 7.99. The molecule has 0 amide bonds. The van der Waals surface area contributed by atoms with E-state index >= 15 is 0 Å². The number of benzene rings is 1. The van der Waals surface area contributed by atoms with Crippen molar-refractivity contribution < 1.29 is 4.39 Å². The number of hydrogen-bond donors (Lipinski definition) is 1. The Labute approximate surface area is 104 Å². The predicted octanol–water partition coefficient (Wildman–Crippen LogP) is 2.63. The highest BCUT2D eigenvalue weighted by Gasteiger charge is 2.10. The molecule has 1 aromatic rings. The summed E-state index contributed by atoms with van der Waals surface area (Å²) in [4.78, 5) is 2.07. The fraction of sp³-hybridized carbons (Fsp3) is 0.571. The third-order valence-corrected chi connectivity index (χ3v) is 2.72. The summed E-state index contributed by atoms with van der Waals surface area (Å²) >= 11 is 0. The topological polar surface area (TPSA) is 29.3 Å². The molecule has 0 saturated heterocycles. The van der Waals surface area contributed by atoms with Gasteiger partial charge in [-0.25, -0.2) is 4.39 Å². The lowest BCUT2D eigenvalue weighted by atomic mass is 10.0. The number of likely N-dealkylation sites (N-methyl/N-ethyl adjacent to an activating group) is 1. The fourth-order valence-corrected chi connectivity index (χ4v) is 2.06. The molecule has 0 bridgehead atoms. The number of rotatable bonds is 6. The maximum absolute atomic E-state index is 13.4. The van der Waals surface area contributed by atoms with Crippen molar-refractivity contribution in [2.24, 2.45) is 11.7 Å². The van der Waals surface area contributed by atoms with Gasteiger partial charge in [-0.3, -0.25) is 0 Å². The standard InChI is InChI=1S/C14H23FN2/c1-11(2)8-13(16)10-17(3)9-12-6-4-5-7-14(12)15/h4-7,11,13H,8-10,16H2,1-3H3. The van der Waals surface area contributed by atoms with E-state index in [1.54, 1.807) is 6.07 Å². The van der Waals surface area contributed by atoms with Crippen molar-refractivity contribution in [2.75, 3.05) is 13.6 Å². The molecule has 0 heterocycles. The Hall–Kier alpha value is -0.930. The average molecular weight is 238 g/mol. The molecule has 17 heavy (non-hydrogen) atoms. The van der Waals surface area contributed by atoms with E-state index in [0.717, 1.165) is 18.5 Å². The molecule has 0 spiro atoms. The average Bonchev–Trinajstić information content (AvgIpc) is 2.19. The van der Waals surface area contributed by atoms with E-state index in [-0.39, 0.29) is 11.9 Å². The Morgan fingerprint density at radius 1 is 1.29 bits per heavy atom. The smallest absolute Gasteiger partial charge is 0.127 e. The molecule has 0 fully saturated rings. The molecule has 0 aliphatic rings. The zero-order chi connectivity index (χ0) is 12.8. The lowest BCUT2D eigenvalue weighted by molar-refractivity contribution is 0.283. The summed E-state index contributed by atoms with van der Waals surface area (Å²) in [5, 5.41) is 0. The summed E-state index contributed by atoms with van der Waals surface area (Å²) in [5.41, 5.74) is 6.76. The van der Waals surface area contributed by atoms with Gasteiger partial charge < -0.3 is 10.6 Å². The molecule has 1 unspecified atom stereocenters. The van der Waals surface area contributed by atoms with Crippen LogP contribution in [0.5, 0.6) is 0 Å². The normalized spacial score (nSPS) is 13.4. The maximum Gasteiger partial charge on any atom is 0.127 e. The van der Waals surface area contributed by atoms with Gasteiger partial charge in [0.05, 0.1) is 0 Å². The molecular weight excluding hydrogens is 215 g/mol. The predicted molar refractivity (Wildman–Crippen MR) is 70.2 cm³/mol. The Balaban J connectivity index is 2.44.